The third-order valence-electron chi connectivity index (χ3n) is 9.48. The maximum Gasteiger partial charge on any atom is 0.305 e. The highest BCUT2D eigenvalue weighted by molar-refractivity contribution is 5.68. The van der Waals surface area contributed by atoms with Gasteiger partial charge in [0.1, 0.15) is 46.7 Å². The summed E-state index contributed by atoms with van der Waals surface area (Å²) in [5, 5.41) is 24.0. The van der Waals surface area contributed by atoms with Crippen LogP contribution in [0.4, 0.5) is 0 Å². The zero-order valence-electron chi connectivity index (χ0n) is 28.2. The molecular formula is C37H38O12. The van der Waals surface area contributed by atoms with Gasteiger partial charge in [-0.3, -0.25) is 0 Å². The van der Waals surface area contributed by atoms with Crippen LogP contribution in [0, 0.1) is 0 Å². The summed E-state index contributed by atoms with van der Waals surface area (Å²) in [5.74, 6) is 1.88. The molecule has 0 radical (unpaired) electrons. The molecule has 0 saturated heterocycles. The number of hydrogen-bond donors (Lipinski definition) is 2. The second-order valence-corrected chi connectivity index (χ2v) is 11.8. The average Bonchev–Trinajstić information content (AvgIpc) is 3.13. The van der Waals surface area contributed by atoms with E-state index in [-0.39, 0.29) is 6.42 Å². The van der Waals surface area contributed by atoms with E-state index in [4.69, 9.17) is 47.4 Å². The van der Waals surface area contributed by atoms with E-state index in [2.05, 4.69) is 0 Å². The number of aliphatic hydroxyl groups is 2. The summed E-state index contributed by atoms with van der Waals surface area (Å²) in [6.45, 7) is 0. The van der Waals surface area contributed by atoms with Crippen molar-refractivity contribution in [1.82, 2.24) is 0 Å². The quantitative estimate of drug-likeness (QED) is 0.250. The predicted molar refractivity (Wildman–Crippen MR) is 175 cm³/mol. The number of ether oxygens (including phenoxy) is 10. The van der Waals surface area contributed by atoms with Crippen LogP contribution in [0.1, 0.15) is 39.8 Å². The van der Waals surface area contributed by atoms with Gasteiger partial charge in [0.2, 0.25) is 0 Å². The first-order valence-electron chi connectivity index (χ1n) is 15.6. The molecular weight excluding hydrogens is 636 g/mol. The zero-order chi connectivity index (χ0) is 34.6. The number of rotatable bonds is 9. The molecule has 258 valence electrons. The van der Waals surface area contributed by atoms with Gasteiger partial charge in [-0.15, -0.1) is 0 Å². The molecule has 0 aromatic heterocycles. The topological polar surface area (TPSA) is 133 Å². The van der Waals surface area contributed by atoms with Gasteiger partial charge in [0.05, 0.1) is 61.8 Å². The average molecular weight is 675 g/mol. The second kappa shape index (κ2) is 12.4. The molecule has 4 aromatic rings. The Morgan fingerprint density at radius 2 is 1.22 bits per heavy atom. The van der Waals surface area contributed by atoms with Crippen LogP contribution < -0.4 is 47.4 Å². The number of benzene rings is 4. The molecule has 12 nitrogen and oxygen atoms in total. The summed E-state index contributed by atoms with van der Waals surface area (Å²) < 4.78 is 59.7. The Hall–Kier alpha value is -5.20. The Bertz CT molecular complexity index is 1910. The smallest absolute Gasteiger partial charge is 0.305 e. The van der Waals surface area contributed by atoms with Gasteiger partial charge in [-0.25, -0.2) is 0 Å². The summed E-state index contributed by atoms with van der Waals surface area (Å²) in [7, 11) is 10.8. The van der Waals surface area contributed by atoms with Crippen LogP contribution in [0.25, 0.3) is 0 Å². The molecule has 49 heavy (non-hydrogen) atoms. The minimum absolute atomic E-state index is 0.192. The van der Waals surface area contributed by atoms with Crippen LogP contribution in [0.2, 0.25) is 0 Å². The molecule has 0 aliphatic carbocycles. The minimum Gasteiger partial charge on any atom is -0.496 e. The van der Waals surface area contributed by atoms with Gasteiger partial charge < -0.3 is 57.6 Å². The lowest BCUT2D eigenvalue weighted by Crippen LogP contribution is -2.57. The summed E-state index contributed by atoms with van der Waals surface area (Å²) in [6, 6.07) is 15.7. The molecule has 5 atom stereocenters. The lowest BCUT2D eigenvalue weighted by Gasteiger charge is -2.50. The van der Waals surface area contributed by atoms with Crippen LogP contribution in [0.5, 0.6) is 57.5 Å². The fraction of sp³-hybridized carbons (Fsp3) is 0.351. The Morgan fingerprint density at radius 1 is 0.612 bits per heavy atom. The normalized spacial score (nSPS) is 22.9. The predicted octanol–water partition coefficient (Wildman–Crippen LogP) is 4.91. The third kappa shape index (κ3) is 4.88. The fourth-order valence-corrected chi connectivity index (χ4v) is 7.14. The Kier molecular flexibility index (Phi) is 8.16. The zero-order valence-corrected chi connectivity index (χ0v) is 28.2. The van der Waals surface area contributed by atoms with Crippen molar-refractivity contribution < 1.29 is 57.6 Å². The van der Waals surface area contributed by atoms with Crippen LogP contribution >= 0.6 is 0 Å². The third-order valence-corrected chi connectivity index (χ3v) is 9.48. The van der Waals surface area contributed by atoms with Crippen molar-refractivity contribution in [3.63, 3.8) is 0 Å². The van der Waals surface area contributed by atoms with Gasteiger partial charge in [-0.2, -0.15) is 0 Å². The SMILES string of the molecule is COc1cc(OC)c2c(c1)O[C@@]1(c3ccc(OC)c(OC)c3)Oc3cc(OC)c4c(c3[C@@H]2[C@H]1O)O[C@H](c1ccc(OC)c(OC)c1)[C@@H](O)C4. The Balaban J connectivity index is 1.48. The molecule has 0 saturated carbocycles. The van der Waals surface area contributed by atoms with E-state index in [1.54, 1.807) is 91.2 Å². The minimum atomic E-state index is -1.77. The van der Waals surface area contributed by atoms with Gasteiger partial charge in [0.25, 0.3) is 0 Å². The van der Waals surface area contributed by atoms with Crippen LogP contribution in [0.15, 0.2) is 54.6 Å². The molecule has 3 aliphatic heterocycles. The molecule has 3 aliphatic rings. The molecule has 2 bridgehead atoms. The highest BCUT2D eigenvalue weighted by Crippen LogP contribution is 2.62. The first-order chi connectivity index (χ1) is 23.7. The van der Waals surface area contributed by atoms with E-state index in [9.17, 15) is 10.2 Å². The molecule has 2 N–H and O–H groups in total. The summed E-state index contributed by atoms with van der Waals surface area (Å²) >= 11 is 0. The largest absolute Gasteiger partial charge is 0.496 e. The van der Waals surface area contributed by atoms with Crippen LogP contribution in [-0.4, -0.2) is 72.2 Å². The second-order valence-electron chi connectivity index (χ2n) is 11.8. The van der Waals surface area contributed by atoms with E-state index in [0.717, 1.165) is 0 Å². The Labute approximate surface area is 283 Å². The van der Waals surface area contributed by atoms with E-state index in [1.807, 2.05) is 6.07 Å². The maximum atomic E-state index is 12.5. The first kappa shape index (κ1) is 32.4. The molecule has 0 unspecified atom stereocenters. The van der Waals surface area contributed by atoms with Crippen LogP contribution in [-0.2, 0) is 12.2 Å². The molecule has 3 heterocycles. The van der Waals surface area contributed by atoms with Crippen molar-refractivity contribution in [1.29, 1.82) is 0 Å². The number of fused-ring (bicyclic) bond motifs is 8. The lowest BCUT2D eigenvalue weighted by molar-refractivity contribution is -0.219. The lowest BCUT2D eigenvalue weighted by atomic mass is 9.74. The van der Waals surface area contributed by atoms with E-state index >= 15 is 0 Å². The molecule has 0 fully saturated rings. The van der Waals surface area contributed by atoms with Crippen molar-refractivity contribution in [2.45, 2.75) is 36.4 Å². The van der Waals surface area contributed by atoms with Gasteiger partial charge in [0.15, 0.2) is 23.0 Å². The van der Waals surface area contributed by atoms with Crippen LogP contribution in [0.3, 0.4) is 0 Å². The van der Waals surface area contributed by atoms with Crippen molar-refractivity contribution in [3.05, 3.63) is 82.4 Å². The van der Waals surface area contributed by atoms with E-state index < -0.39 is 30.0 Å². The number of hydrogen-bond acceptors (Lipinski definition) is 12. The van der Waals surface area contributed by atoms with Gasteiger partial charge >= 0.3 is 5.79 Å². The molecule has 12 heteroatoms. The highest BCUT2D eigenvalue weighted by atomic mass is 16.7. The number of aliphatic hydroxyl groups excluding tert-OH is 2. The molecule has 7 rings (SSSR count). The van der Waals surface area contributed by atoms with Crippen molar-refractivity contribution in [3.8, 4) is 57.5 Å². The standard InChI is InChI=1S/C37H38O12/c1-40-20-14-28(46-7)31-29(15-20)48-37(19-9-11-24(42-3)27(13-19)45-6)36(39)33(31)32-30(49-37)17-25(43-4)21-16-22(38)34(47-35(21)32)18-8-10-23(41-2)26(12-18)44-5/h8-15,17,22,33-34,36,38-39H,16H2,1-7H3/t22-,33+,34+,36+,37-/m0/s1. The van der Waals surface area contributed by atoms with Crippen molar-refractivity contribution >= 4 is 0 Å². The number of methoxy groups -OCH3 is 7. The Morgan fingerprint density at radius 3 is 1.86 bits per heavy atom. The monoisotopic (exact) mass is 674 g/mol. The summed E-state index contributed by atoms with van der Waals surface area (Å²) in [5.41, 5.74) is 2.88. The van der Waals surface area contributed by atoms with Crippen molar-refractivity contribution in [2.75, 3.05) is 49.8 Å². The molecule has 0 amide bonds. The fourth-order valence-electron chi connectivity index (χ4n) is 7.14. The van der Waals surface area contributed by atoms with Crippen molar-refractivity contribution in [2.24, 2.45) is 0 Å². The van der Waals surface area contributed by atoms with Gasteiger partial charge in [0, 0.05) is 46.9 Å². The van der Waals surface area contributed by atoms with Gasteiger partial charge in [-0.05, 0) is 35.9 Å². The van der Waals surface area contributed by atoms with E-state index in [1.165, 1.54) is 7.11 Å². The molecule has 4 aromatic carbocycles. The van der Waals surface area contributed by atoms with Gasteiger partial charge in [-0.1, -0.05) is 6.07 Å². The molecule has 0 spiro atoms. The maximum absolute atomic E-state index is 12.5. The highest BCUT2D eigenvalue weighted by Gasteiger charge is 2.60. The summed E-state index contributed by atoms with van der Waals surface area (Å²) in [4.78, 5) is 0. The van der Waals surface area contributed by atoms with E-state index in [0.29, 0.717) is 85.3 Å². The summed E-state index contributed by atoms with van der Waals surface area (Å²) in [6.07, 6.45) is -2.90. The first-order valence-corrected chi connectivity index (χ1v) is 15.6.